The van der Waals surface area contributed by atoms with Gasteiger partial charge in [-0.3, -0.25) is 20.2 Å². The van der Waals surface area contributed by atoms with Crippen molar-refractivity contribution in [3.8, 4) is 11.5 Å². The summed E-state index contributed by atoms with van der Waals surface area (Å²) in [6.07, 6.45) is -2.52. The van der Waals surface area contributed by atoms with E-state index in [1.807, 2.05) is 60.7 Å². The molecule has 0 aromatic heterocycles. The average Bonchev–Trinajstić information content (AvgIpc) is 2.99. The average molecular weight is 573 g/mol. The lowest BCUT2D eigenvalue weighted by atomic mass is 10.1. The molecule has 0 aliphatic rings. The molecule has 0 saturated heterocycles. The van der Waals surface area contributed by atoms with Crippen LogP contribution in [0, 0.1) is 20.2 Å². The zero-order chi connectivity index (χ0) is 30.1. The third-order valence-electron chi connectivity index (χ3n) is 6.36. The first-order valence-electron chi connectivity index (χ1n) is 13.0. The molecule has 2 atom stereocenters. The highest BCUT2D eigenvalue weighted by Gasteiger charge is 2.23. The summed E-state index contributed by atoms with van der Waals surface area (Å²) in [6, 6.07) is 26.2. The van der Waals surface area contributed by atoms with Crippen molar-refractivity contribution in [2.24, 2.45) is 0 Å². The van der Waals surface area contributed by atoms with Gasteiger partial charge in [-0.2, -0.15) is 0 Å². The molecule has 4 rings (SSSR count). The van der Waals surface area contributed by atoms with Crippen LogP contribution in [0.25, 0.3) is 0 Å². The third kappa shape index (κ3) is 7.96. The van der Waals surface area contributed by atoms with Crippen molar-refractivity contribution in [3.63, 3.8) is 0 Å². The molecule has 0 aliphatic heterocycles. The fraction of sp³-hybridized carbons (Fsp3) is 0.194. The molecule has 4 aromatic rings. The fourth-order valence-electron chi connectivity index (χ4n) is 4.09. The Bertz CT molecular complexity index is 1430. The minimum absolute atomic E-state index is 0.00278. The highest BCUT2D eigenvalue weighted by Crippen LogP contribution is 2.34. The molecule has 11 heteroatoms. The highest BCUT2D eigenvalue weighted by atomic mass is 16.7. The number of hydrogen-bond donors (Lipinski definition) is 0. The minimum Gasteiger partial charge on any atom is -0.394 e. The molecule has 0 spiro atoms. The number of non-ortho nitro benzene ring substituents is 2. The molecular weight excluding hydrogens is 544 g/mol. The van der Waals surface area contributed by atoms with E-state index in [-0.39, 0.29) is 47.2 Å². The van der Waals surface area contributed by atoms with E-state index in [1.165, 1.54) is 36.4 Å². The second-order valence-electron chi connectivity index (χ2n) is 9.29. The maximum Gasteiger partial charge on any atom is 0.519 e. The van der Waals surface area contributed by atoms with Gasteiger partial charge in [0.05, 0.1) is 35.3 Å². The Hall–Kier alpha value is -5.13. The summed E-state index contributed by atoms with van der Waals surface area (Å²) in [4.78, 5) is 34.7. The molecule has 0 radical (unpaired) electrons. The molecule has 0 amide bonds. The van der Waals surface area contributed by atoms with E-state index in [9.17, 15) is 25.0 Å². The first-order valence-corrected chi connectivity index (χ1v) is 13.0. The summed E-state index contributed by atoms with van der Waals surface area (Å²) in [5.74, 6) is 0.00555. The summed E-state index contributed by atoms with van der Waals surface area (Å²) >= 11 is 0. The molecule has 11 nitrogen and oxygen atoms in total. The summed E-state index contributed by atoms with van der Waals surface area (Å²) in [5, 5.41) is 22.8. The van der Waals surface area contributed by atoms with Crippen LogP contribution in [-0.2, 0) is 22.7 Å². The number of nitro benzene ring substituents is 2. The quantitative estimate of drug-likeness (QED) is 0.0724. The lowest BCUT2D eigenvalue weighted by Crippen LogP contribution is -2.17. The Morgan fingerprint density at radius 1 is 0.643 bits per heavy atom. The van der Waals surface area contributed by atoms with E-state index in [1.54, 1.807) is 13.8 Å². The molecule has 0 bridgehead atoms. The van der Waals surface area contributed by atoms with Crippen molar-refractivity contribution in [3.05, 3.63) is 140 Å². The summed E-state index contributed by atoms with van der Waals surface area (Å²) < 4.78 is 22.7. The predicted octanol–water partition coefficient (Wildman–Crippen LogP) is 7.64. The Kier molecular flexibility index (Phi) is 9.93. The first kappa shape index (κ1) is 29.8. The van der Waals surface area contributed by atoms with Gasteiger partial charge in [-0.25, -0.2) is 4.79 Å². The van der Waals surface area contributed by atoms with Crippen LogP contribution in [0.4, 0.5) is 16.2 Å². The molecule has 0 fully saturated rings. The second-order valence-corrected chi connectivity index (χ2v) is 9.29. The van der Waals surface area contributed by atoms with Crippen LogP contribution in [0.15, 0.2) is 97.1 Å². The maximum atomic E-state index is 12.9. The van der Waals surface area contributed by atoms with Crippen LogP contribution in [0.1, 0.15) is 48.3 Å². The number of nitrogens with zero attached hydrogens (tertiary/aromatic N) is 2. The van der Waals surface area contributed by atoms with Gasteiger partial charge < -0.3 is 18.9 Å². The van der Waals surface area contributed by atoms with Gasteiger partial charge in [0, 0.05) is 35.4 Å². The molecule has 216 valence electrons. The Morgan fingerprint density at radius 2 is 1.02 bits per heavy atom. The molecule has 0 saturated carbocycles. The highest BCUT2D eigenvalue weighted by molar-refractivity contribution is 5.69. The largest absolute Gasteiger partial charge is 0.519 e. The van der Waals surface area contributed by atoms with Crippen LogP contribution in [-0.4, -0.2) is 16.0 Å². The standard InChI is InChI=1S/C31H28N2O9/c1-21(39-19-23-9-5-3-6-10-23)27-17-25(32(35)36)13-15-29(27)41-31(34)42-30-16-14-26(33(37)38)18-28(30)22(2)40-20-24-11-7-4-8-12-24/h3-18,21-22H,19-20H2,1-2H3. The number of benzene rings is 4. The fourth-order valence-corrected chi connectivity index (χ4v) is 4.09. The zero-order valence-electron chi connectivity index (χ0n) is 22.9. The SMILES string of the molecule is CC(OCc1ccccc1)c1cc([N+](=O)[O-])ccc1OC(=O)Oc1ccc([N+](=O)[O-])cc1C(C)OCc1ccccc1. The summed E-state index contributed by atoms with van der Waals surface area (Å²) in [5.41, 5.74) is 1.91. The first-order chi connectivity index (χ1) is 20.2. The molecule has 0 N–H and O–H groups in total. The molecule has 4 aromatic carbocycles. The van der Waals surface area contributed by atoms with Gasteiger partial charge in [-0.1, -0.05) is 60.7 Å². The van der Waals surface area contributed by atoms with Gasteiger partial charge in [0.1, 0.15) is 11.5 Å². The monoisotopic (exact) mass is 572 g/mol. The summed E-state index contributed by atoms with van der Waals surface area (Å²) in [7, 11) is 0. The van der Waals surface area contributed by atoms with Crippen molar-refractivity contribution in [2.75, 3.05) is 0 Å². The van der Waals surface area contributed by atoms with Crippen molar-refractivity contribution in [2.45, 2.75) is 39.3 Å². The van der Waals surface area contributed by atoms with E-state index >= 15 is 0 Å². The molecule has 42 heavy (non-hydrogen) atoms. The van der Waals surface area contributed by atoms with E-state index < -0.39 is 28.2 Å². The number of hydrogen-bond acceptors (Lipinski definition) is 9. The molecular formula is C31H28N2O9. The molecule has 0 aliphatic carbocycles. The summed E-state index contributed by atoms with van der Waals surface area (Å²) in [6.45, 7) is 3.81. The van der Waals surface area contributed by atoms with E-state index in [4.69, 9.17) is 18.9 Å². The maximum absolute atomic E-state index is 12.9. The zero-order valence-corrected chi connectivity index (χ0v) is 22.9. The van der Waals surface area contributed by atoms with Crippen LogP contribution in [0.3, 0.4) is 0 Å². The lowest BCUT2D eigenvalue weighted by Gasteiger charge is -2.19. The number of nitro groups is 2. The van der Waals surface area contributed by atoms with Gasteiger partial charge in [0.15, 0.2) is 0 Å². The molecule has 0 heterocycles. The Balaban J connectivity index is 1.53. The third-order valence-corrected chi connectivity index (χ3v) is 6.36. The van der Waals surface area contributed by atoms with Gasteiger partial charge in [-0.05, 0) is 37.1 Å². The topological polar surface area (TPSA) is 140 Å². The van der Waals surface area contributed by atoms with Gasteiger partial charge in [0.2, 0.25) is 0 Å². The predicted molar refractivity (Wildman–Crippen MR) is 152 cm³/mol. The van der Waals surface area contributed by atoms with E-state index in [0.29, 0.717) is 0 Å². The second kappa shape index (κ2) is 14.0. The smallest absolute Gasteiger partial charge is 0.394 e. The van der Waals surface area contributed by atoms with Crippen molar-refractivity contribution in [1.29, 1.82) is 0 Å². The van der Waals surface area contributed by atoms with Gasteiger partial charge >= 0.3 is 6.16 Å². The van der Waals surface area contributed by atoms with Crippen LogP contribution < -0.4 is 9.47 Å². The number of carbonyl (C=O) groups is 1. The van der Waals surface area contributed by atoms with Crippen LogP contribution >= 0.6 is 0 Å². The van der Waals surface area contributed by atoms with Gasteiger partial charge in [0.25, 0.3) is 11.4 Å². The van der Waals surface area contributed by atoms with Crippen LogP contribution in [0.5, 0.6) is 11.5 Å². The van der Waals surface area contributed by atoms with E-state index in [2.05, 4.69) is 0 Å². The Morgan fingerprint density at radius 3 is 1.38 bits per heavy atom. The minimum atomic E-state index is -1.15. The number of rotatable bonds is 12. The van der Waals surface area contributed by atoms with Crippen molar-refractivity contribution in [1.82, 2.24) is 0 Å². The lowest BCUT2D eigenvalue weighted by molar-refractivity contribution is -0.385. The number of ether oxygens (including phenoxy) is 4. The molecule has 2 unspecified atom stereocenters. The van der Waals surface area contributed by atoms with E-state index in [0.717, 1.165) is 11.1 Å². The van der Waals surface area contributed by atoms with Gasteiger partial charge in [-0.15, -0.1) is 0 Å². The van der Waals surface area contributed by atoms with Crippen LogP contribution in [0.2, 0.25) is 0 Å². The Labute approximate surface area is 241 Å². The normalized spacial score (nSPS) is 12.2. The van der Waals surface area contributed by atoms with Crippen molar-refractivity contribution >= 4 is 17.5 Å². The van der Waals surface area contributed by atoms with Crippen molar-refractivity contribution < 1.29 is 33.6 Å². The number of carbonyl (C=O) groups excluding carboxylic acids is 1.